The van der Waals surface area contributed by atoms with E-state index in [0.29, 0.717) is 35.2 Å². The number of hydrogen-bond donors (Lipinski definition) is 1. The molecule has 5 rings (SSSR count). The Kier molecular flexibility index (Phi) is 6.23. The maximum atomic E-state index is 13.1. The monoisotopic (exact) mass is 508 g/mol. The van der Waals surface area contributed by atoms with Crippen molar-refractivity contribution < 1.29 is 27.2 Å². The number of hydrogen-bond acceptors (Lipinski definition) is 8. The average molecular weight is 509 g/mol. The molecule has 11 heteroatoms. The molecule has 2 aromatic heterocycles. The lowest BCUT2D eigenvalue weighted by Crippen LogP contribution is -2.19. The first kappa shape index (κ1) is 23.6. The number of nitrogens with zero attached hydrogens (tertiary/aromatic N) is 3. The number of nitrogens with one attached hydrogen (secondary N) is 1. The molecule has 1 unspecified atom stereocenters. The van der Waals surface area contributed by atoms with Crippen LogP contribution in [0.15, 0.2) is 65.2 Å². The van der Waals surface area contributed by atoms with E-state index in [1.54, 1.807) is 55.3 Å². The molecule has 1 N–H and O–H groups in total. The number of aromatic nitrogens is 3. The van der Waals surface area contributed by atoms with Crippen LogP contribution >= 0.6 is 0 Å². The van der Waals surface area contributed by atoms with Crippen LogP contribution in [0.4, 0.5) is 5.82 Å². The topological polar surface area (TPSA) is 126 Å². The lowest BCUT2D eigenvalue weighted by molar-refractivity contribution is 0.101. The molecular formula is C25H24N4O6S. The highest BCUT2D eigenvalue weighted by molar-refractivity contribution is 7.91. The van der Waals surface area contributed by atoms with E-state index in [9.17, 15) is 13.2 Å². The second-order valence-corrected chi connectivity index (χ2v) is 10.6. The number of sulfone groups is 1. The number of anilines is 1. The van der Waals surface area contributed by atoms with Gasteiger partial charge in [-0.05, 0) is 55.0 Å². The standard InChI is InChI=1S/C25H24N4O6S/c1-33-19-7-3-16(4-8-19)21-14-24(29(27-21)18-11-12-36(31,32)15-18)26-25(30)22-13-23(35-28-22)17-5-9-20(34-2)10-6-17/h3-10,13-14,18H,11-12,15H2,1-2H3,(H,26,30). The molecule has 0 bridgehead atoms. The molecule has 1 fully saturated rings. The van der Waals surface area contributed by atoms with Gasteiger partial charge in [-0.25, -0.2) is 13.1 Å². The van der Waals surface area contributed by atoms with Gasteiger partial charge in [0.1, 0.15) is 17.3 Å². The Hall–Kier alpha value is -4.12. The van der Waals surface area contributed by atoms with Crippen molar-refractivity contribution in [2.45, 2.75) is 12.5 Å². The Bertz CT molecular complexity index is 1490. The second kappa shape index (κ2) is 9.50. The van der Waals surface area contributed by atoms with Crippen LogP contribution in [0.5, 0.6) is 11.5 Å². The van der Waals surface area contributed by atoms with Crippen molar-refractivity contribution >= 4 is 21.6 Å². The van der Waals surface area contributed by atoms with Gasteiger partial charge in [-0.1, -0.05) is 5.16 Å². The third-order valence-electron chi connectivity index (χ3n) is 6.03. The van der Waals surface area contributed by atoms with Crippen LogP contribution in [-0.2, 0) is 9.84 Å². The third kappa shape index (κ3) is 4.82. The average Bonchev–Trinajstić information content (AvgIpc) is 3.62. The fourth-order valence-electron chi connectivity index (χ4n) is 4.09. The van der Waals surface area contributed by atoms with Gasteiger partial charge in [0.25, 0.3) is 5.91 Å². The summed E-state index contributed by atoms with van der Waals surface area (Å²) in [5, 5.41) is 11.4. The molecule has 2 aromatic carbocycles. The molecule has 10 nitrogen and oxygen atoms in total. The van der Waals surface area contributed by atoms with Crippen molar-refractivity contribution in [1.29, 1.82) is 0 Å². The van der Waals surface area contributed by atoms with Crippen molar-refractivity contribution in [1.82, 2.24) is 14.9 Å². The van der Waals surface area contributed by atoms with E-state index < -0.39 is 15.7 Å². The molecule has 1 aliphatic heterocycles. The number of carbonyl (C=O) groups is 1. The summed E-state index contributed by atoms with van der Waals surface area (Å²) in [5.74, 6) is 1.75. The first-order valence-electron chi connectivity index (χ1n) is 11.2. The number of amides is 1. The Morgan fingerprint density at radius 3 is 2.22 bits per heavy atom. The van der Waals surface area contributed by atoms with Crippen molar-refractivity contribution in [2.75, 3.05) is 31.0 Å². The quantitative estimate of drug-likeness (QED) is 0.399. The fourth-order valence-corrected chi connectivity index (χ4v) is 5.78. The Morgan fingerprint density at radius 1 is 1.00 bits per heavy atom. The largest absolute Gasteiger partial charge is 0.497 e. The Labute approximate surface area is 207 Å². The van der Waals surface area contributed by atoms with Crippen molar-refractivity contribution in [3.63, 3.8) is 0 Å². The number of methoxy groups -OCH3 is 2. The van der Waals surface area contributed by atoms with Gasteiger partial charge in [0.2, 0.25) is 0 Å². The summed E-state index contributed by atoms with van der Waals surface area (Å²) in [6, 6.07) is 17.4. The van der Waals surface area contributed by atoms with E-state index in [4.69, 9.17) is 14.0 Å². The highest BCUT2D eigenvalue weighted by atomic mass is 32.2. The van der Waals surface area contributed by atoms with E-state index in [1.165, 1.54) is 0 Å². The zero-order chi connectivity index (χ0) is 25.3. The van der Waals surface area contributed by atoms with Gasteiger partial charge in [-0.2, -0.15) is 5.10 Å². The molecule has 36 heavy (non-hydrogen) atoms. The van der Waals surface area contributed by atoms with Gasteiger partial charge in [0, 0.05) is 23.3 Å². The molecule has 1 aliphatic rings. The van der Waals surface area contributed by atoms with Crippen LogP contribution in [0.25, 0.3) is 22.6 Å². The third-order valence-corrected chi connectivity index (χ3v) is 7.79. The minimum absolute atomic E-state index is 0.0365. The molecule has 3 heterocycles. The molecule has 1 saturated heterocycles. The summed E-state index contributed by atoms with van der Waals surface area (Å²) in [6.07, 6.45) is 0.417. The van der Waals surface area contributed by atoms with Gasteiger partial charge in [-0.15, -0.1) is 0 Å². The highest BCUT2D eigenvalue weighted by Crippen LogP contribution is 2.31. The highest BCUT2D eigenvalue weighted by Gasteiger charge is 2.32. The first-order valence-corrected chi connectivity index (χ1v) is 13.0. The molecular weight excluding hydrogens is 484 g/mol. The summed E-state index contributed by atoms with van der Waals surface area (Å²) in [7, 11) is 0.00207. The Balaban J connectivity index is 1.42. The first-order chi connectivity index (χ1) is 17.3. The van der Waals surface area contributed by atoms with Crippen molar-refractivity contribution in [2.24, 2.45) is 0 Å². The second-order valence-electron chi connectivity index (χ2n) is 8.40. The van der Waals surface area contributed by atoms with E-state index >= 15 is 0 Å². The van der Waals surface area contributed by atoms with Gasteiger partial charge >= 0.3 is 0 Å². The molecule has 0 saturated carbocycles. The lowest BCUT2D eigenvalue weighted by atomic mass is 10.1. The van der Waals surface area contributed by atoms with Crippen LogP contribution < -0.4 is 14.8 Å². The summed E-state index contributed by atoms with van der Waals surface area (Å²) >= 11 is 0. The summed E-state index contributed by atoms with van der Waals surface area (Å²) < 4.78 is 41.6. The van der Waals surface area contributed by atoms with Crippen molar-refractivity contribution in [3.05, 3.63) is 66.4 Å². The molecule has 0 radical (unpaired) electrons. The molecule has 186 valence electrons. The summed E-state index contributed by atoms with van der Waals surface area (Å²) in [5.41, 5.74) is 2.22. The molecule has 1 amide bonds. The van der Waals surface area contributed by atoms with Crippen LogP contribution in [0, 0.1) is 0 Å². The van der Waals surface area contributed by atoms with Gasteiger partial charge in [-0.3, -0.25) is 4.79 Å². The zero-order valence-corrected chi connectivity index (χ0v) is 20.5. The minimum Gasteiger partial charge on any atom is -0.497 e. The van der Waals surface area contributed by atoms with Crippen LogP contribution in [0.3, 0.4) is 0 Å². The van der Waals surface area contributed by atoms with E-state index in [0.717, 1.165) is 11.1 Å². The zero-order valence-electron chi connectivity index (χ0n) is 19.7. The van der Waals surface area contributed by atoms with Crippen LogP contribution in [0.1, 0.15) is 23.0 Å². The molecule has 1 atom stereocenters. The predicted molar refractivity (Wildman–Crippen MR) is 133 cm³/mol. The number of rotatable bonds is 7. The summed E-state index contributed by atoms with van der Waals surface area (Å²) in [6.45, 7) is 0. The molecule has 4 aromatic rings. The van der Waals surface area contributed by atoms with Crippen LogP contribution in [-0.4, -0.2) is 55.0 Å². The molecule has 0 aliphatic carbocycles. The smallest absolute Gasteiger partial charge is 0.279 e. The maximum absolute atomic E-state index is 13.1. The van der Waals surface area contributed by atoms with Gasteiger partial charge in [0.15, 0.2) is 21.3 Å². The van der Waals surface area contributed by atoms with Gasteiger partial charge < -0.3 is 19.3 Å². The molecule has 0 spiro atoms. The van der Waals surface area contributed by atoms with E-state index in [1.807, 2.05) is 24.3 Å². The van der Waals surface area contributed by atoms with E-state index in [2.05, 4.69) is 15.6 Å². The van der Waals surface area contributed by atoms with Crippen LogP contribution in [0.2, 0.25) is 0 Å². The number of ether oxygens (including phenoxy) is 2. The fraction of sp³-hybridized carbons (Fsp3) is 0.240. The number of carbonyl (C=O) groups excluding carboxylic acids is 1. The normalized spacial score (nSPS) is 16.6. The van der Waals surface area contributed by atoms with Gasteiger partial charge in [0.05, 0.1) is 37.5 Å². The maximum Gasteiger partial charge on any atom is 0.279 e. The van der Waals surface area contributed by atoms with Crippen molar-refractivity contribution in [3.8, 4) is 34.1 Å². The Morgan fingerprint density at radius 2 is 1.64 bits per heavy atom. The summed E-state index contributed by atoms with van der Waals surface area (Å²) in [4.78, 5) is 13.1. The minimum atomic E-state index is -3.16. The van der Waals surface area contributed by atoms with E-state index in [-0.39, 0.29) is 23.2 Å². The number of benzene rings is 2. The SMILES string of the molecule is COc1ccc(-c2cc(NC(=O)c3cc(-c4ccc(OC)cc4)on3)n(C3CCS(=O)(=O)C3)n2)cc1. The lowest BCUT2D eigenvalue weighted by Gasteiger charge is -2.13. The predicted octanol–water partition coefficient (Wildman–Crippen LogP) is 3.83.